The van der Waals surface area contributed by atoms with Crippen molar-refractivity contribution in [3.05, 3.63) is 16.1 Å². The summed E-state index contributed by atoms with van der Waals surface area (Å²) >= 11 is 1.79. The maximum atomic E-state index is 4.99. The lowest BCUT2D eigenvalue weighted by molar-refractivity contribution is -0.699. The van der Waals surface area contributed by atoms with Crippen LogP contribution in [0.5, 0.6) is 0 Å². The zero-order valence-electron chi connectivity index (χ0n) is 7.63. The summed E-state index contributed by atoms with van der Waals surface area (Å²) in [4.78, 5) is 1.39. The summed E-state index contributed by atoms with van der Waals surface area (Å²) in [5.74, 6) is 0. The fourth-order valence-corrected chi connectivity index (χ4v) is 1.76. The van der Waals surface area contributed by atoms with Crippen LogP contribution in [0.1, 0.15) is 10.6 Å². The number of methoxy groups -OCH3 is 1. The Morgan fingerprint density at radius 1 is 1.50 bits per heavy atom. The predicted molar refractivity (Wildman–Crippen MR) is 45.9 cm³/mol. The largest absolute Gasteiger partial charge is 1.00 e. The Kier molecular flexibility index (Phi) is 5.70. The highest BCUT2D eigenvalue weighted by atomic mass is 79.9. The second-order valence-electron chi connectivity index (χ2n) is 2.55. The van der Waals surface area contributed by atoms with Gasteiger partial charge in [-0.25, -0.2) is 0 Å². The SMILES string of the molecule is COCC[n+]1csc(C)c1C.[Br-]. The molecule has 0 aliphatic heterocycles. The highest BCUT2D eigenvalue weighted by molar-refractivity contribution is 7.09. The van der Waals surface area contributed by atoms with Crippen molar-refractivity contribution in [3.63, 3.8) is 0 Å². The van der Waals surface area contributed by atoms with Gasteiger partial charge in [0.2, 0.25) is 5.51 Å². The molecule has 0 amide bonds. The molecule has 0 spiro atoms. The Morgan fingerprint density at radius 2 is 2.17 bits per heavy atom. The number of thiazole rings is 1. The molecule has 1 aromatic rings. The van der Waals surface area contributed by atoms with Crippen molar-refractivity contribution in [2.45, 2.75) is 20.4 Å². The van der Waals surface area contributed by atoms with Gasteiger partial charge in [0, 0.05) is 14.0 Å². The Hall–Kier alpha value is 0.0700. The Morgan fingerprint density at radius 3 is 2.58 bits per heavy atom. The zero-order chi connectivity index (χ0) is 8.27. The average molecular weight is 252 g/mol. The molecule has 70 valence electrons. The number of aryl methyl sites for hydroxylation is 1. The van der Waals surface area contributed by atoms with E-state index in [9.17, 15) is 0 Å². The number of hydrogen-bond acceptors (Lipinski definition) is 2. The minimum absolute atomic E-state index is 0. The van der Waals surface area contributed by atoms with Crippen molar-refractivity contribution in [2.75, 3.05) is 13.7 Å². The third-order valence-corrected chi connectivity index (χ3v) is 2.84. The lowest BCUT2D eigenvalue weighted by atomic mass is 10.4. The molecule has 0 N–H and O–H groups in total. The molecule has 0 aliphatic carbocycles. The quantitative estimate of drug-likeness (QED) is 0.585. The van der Waals surface area contributed by atoms with E-state index in [1.54, 1.807) is 18.4 Å². The molecular formula is C8H14BrNOS. The van der Waals surface area contributed by atoms with E-state index in [2.05, 4.69) is 23.9 Å². The van der Waals surface area contributed by atoms with Gasteiger partial charge < -0.3 is 21.7 Å². The van der Waals surface area contributed by atoms with E-state index < -0.39 is 0 Å². The monoisotopic (exact) mass is 251 g/mol. The predicted octanol–water partition coefficient (Wildman–Crippen LogP) is -1.70. The first kappa shape index (κ1) is 12.1. The number of rotatable bonds is 3. The van der Waals surface area contributed by atoms with Gasteiger partial charge in [0.05, 0.1) is 4.88 Å². The topological polar surface area (TPSA) is 13.1 Å². The molecule has 0 saturated heterocycles. The number of nitrogens with zero attached hydrogens (tertiary/aromatic N) is 1. The Balaban J connectivity index is 0.00000121. The zero-order valence-corrected chi connectivity index (χ0v) is 10.0. The van der Waals surface area contributed by atoms with Crippen LogP contribution in [0, 0.1) is 13.8 Å². The number of halogens is 1. The highest BCUT2D eigenvalue weighted by Crippen LogP contribution is 2.07. The second kappa shape index (κ2) is 5.67. The number of hydrogen-bond donors (Lipinski definition) is 0. The maximum absolute atomic E-state index is 4.99. The first-order valence-corrected chi connectivity index (χ1v) is 4.56. The van der Waals surface area contributed by atoms with Crippen molar-refractivity contribution in [2.24, 2.45) is 0 Å². The van der Waals surface area contributed by atoms with Crippen LogP contribution in [0.15, 0.2) is 5.51 Å². The molecule has 2 nitrogen and oxygen atoms in total. The van der Waals surface area contributed by atoms with Crippen molar-refractivity contribution >= 4 is 11.3 Å². The van der Waals surface area contributed by atoms with E-state index in [0.29, 0.717) is 0 Å². The maximum Gasteiger partial charge on any atom is 0.225 e. The molecule has 12 heavy (non-hydrogen) atoms. The molecule has 1 rings (SSSR count). The lowest BCUT2D eigenvalue weighted by Gasteiger charge is -1.93. The van der Waals surface area contributed by atoms with Crippen LogP contribution in [0.4, 0.5) is 0 Å². The molecule has 0 aromatic carbocycles. The van der Waals surface area contributed by atoms with Gasteiger partial charge in [-0.1, -0.05) is 11.3 Å². The molecule has 0 atom stereocenters. The van der Waals surface area contributed by atoms with Gasteiger partial charge >= 0.3 is 0 Å². The minimum atomic E-state index is 0. The van der Waals surface area contributed by atoms with Gasteiger partial charge in [-0.15, -0.1) is 0 Å². The normalized spacial score (nSPS) is 9.58. The molecule has 0 fully saturated rings. The number of aromatic nitrogens is 1. The third kappa shape index (κ3) is 2.84. The molecule has 1 heterocycles. The molecule has 0 bridgehead atoms. The van der Waals surface area contributed by atoms with Gasteiger partial charge in [-0.2, -0.15) is 4.57 Å². The summed E-state index contributed by atoms with van der Waals surface area (Å²) in [7, 11) is 1.73. The summed E-state index contributed by atoms with van der Waals surface area (Å²) in [6.07, 6.45) is 0. The van der Waals surface area contributed by atoms with Gasteiger partial charge in [0.15, 0.2) is 12.2 Å². The van der Waals surface area contributed by atoms with Gasteiger partial charge in [-0.05, 0) is 6.92 Å². The van der Waals surface area contributed by atoms with E-state index in [1.165, 1.54) is 10.6 Å². The standard InChI is InChI=1S/C8H14NOS.BrH/c1-7-8(2)11-6-9(7)4-5-10-3;/h6H,4-5H2,1-3H3;1H/q+1;/p-1. The van der Waals surface area contributed by atoms with E-state index in [0.717, 1.165) is 13.2 Å². The average Bonchev–Trinajstić information content (AvgIpc) is 2.31. The van der Waals surface area contributed by atoms with E-state index in [-0.39, 0.29) is 17.0 Å². The molecule has 1 aromatic heterocycles. The fourth-order valence-electron chi connectivity index (χ4n) is 0.919. The summed E-state index contributed by atoms with van der Waals surface area (Å²) in [6.45, 7) is 6.04. The van der Waals surface area contributed by atoms with Gasteiger partial charge in [0.1, 0.15) is 6.61 Å². The van der Waals surface area contributed by atoms with Crippen molar-refractivity contribution in [1.82, 2.24) is 0 Å². The second-order valence-corrected chi connectivity index (χ2v) is 3.61. The molecule has 4 heteroatoms. The van der Waals surface area contributed by atoms with Crippen LogP contribution < -0.4 is 21.5 Å². The Labute approximate surface area is 88.0 Å². The minimum Gasteiger partial charge on any atom is -1.00 e. The van der Waals surface area contributed by atoms with Crippen LogP contribution in [-0.4, -0.2) is 13.7 Å². The van der Waals surface area contributed by atoms with Crippen LogP contribution in [-0.2, 0) is 11.3 Å². The Bertz CT molecular complexity index is 237. The molecular weight excluding hydrogens is 238 g/mol. The van der Waals surface area contributed by atoms with E-state index >= 15 is 0 Å². The summed E-state index contributed by atoms with van der Waals surface area (Å²) in [5.41, 5.74) is 3.50. The molecule has 0 aliphatic rings. The number of ether oxygens (including phenoxy) is 1. The lowest BCUT2D eigenvalue weighted by Crippen LogP contribution is -3.00. The van der Waals surface area contributed by atoms with E-state index in [1.807, 2.05) is 0 Å². The smallest absolute Gasteiger partial charge is 0.225 e. The molecule has 0 saturated carbocycles. The van der Waals surface area contributed by atoms with Crippen molar-refractivity contribution in [3.8, 4) is 0 Å². The van der Waals surface area contributed by atoms with Crippen LogP contribution >= 0.6 is 11.3 Å². The van der Waals surface area contributed by atoms with Gasteiger partial charge in [0.25, 0.3) is 0 Å². The van der Waals surface area contributed by atoms with E-state index in [4.69, 9.17) is 4.74 Å². The highest BCUT2D eigenvalue weighted by Gasteiger charge is 2.09. The van der Waals surface area contributed by atoms with Crippen LogP contribution in [0.3, 0.4) is 0 Å². The first-order valence-electron chi connectivity index (χ1n) is 3.68. The van der Waals surface area contributed by atoms with Crippen LogP contribution in [0.25, 0.3) is 0 Å². The summed E-state index contributed by atoms with van der Waals surface area (Å²) < 4.78 is 7.22. The summed E-state index contributed by atoms with van der Waals surface area (Å²) in [5, 5.41) is 0. The third-order valence-electron chi connectivity index (χ3n) is 1.83. The van der Waals surface area contributed by atoms with Crippen molar-refractivity contribution < 1.29 is 26.3 Å². The first-order chi connectivity index (χ1) is 5.25. The molecule has 0 radical (unpaired) electrons. The van der Waals surface area contributed by atoms with Crippen LogP contribution in [0.2, 0.25) is 0 Å². The molecule has 0 unspecified atom stereocenters. The summed E-state index contributed by atoms with van der Waals surface area (Å²) in [6, 6.07) is 0. The van der Waals surface area contributed by atoms with Gasteiger partial charge in [-0.3, -0.25) is 0 Å². The van der Waals surface area contributed by atoms with Crippen molar-refractivity contribution in [1.29, 1.82) is 0 Å². The fraction of sp³-hybridized carbons (Fsp3) is 0.625.